The number of nitrogens with zero attached hydrogens (tertiary/aromatic N) is 2. The second-order valence-corrected chi connectivity index (χ2v) is 12.7. The molecule has 4 heteroatoms. The highest BCUT2D eigenvalue weighted by Gasteiger charge is 2.34. The van der Waals surface area contributed by atoms with Crippen LogP contribution in [0.3, 0.4) is 0 Å². The molecule has 190 valence electrons. The zero-order chi connectivity index (χ0) is 26.7. The smallest absolute Gasteiger partial charge is 0.234 e. The van der Waals surface area contributed by atoms with Gasteiger partial charge in [0.25, 0.3) is 0 Å². The van der Waals surface area contributed by atoms with Crippen LogP contribution >= 0.6 is 7.29 Å². The normalized spacial score (nSPS) is 12.1. The zero-order valence-corrected chi connectivity index (χ0v) is 22.6. The largest absolute Gasteiger partial charge is 0.307 e. The second kappa shape index (κ2) is 8.84. The lowest BCUT2D eigenvalue weighted by atomic mass is 10.1. The first-order valence-electron chi connectivity index (χ1n) is 13.5. The molecular weight excluding hydrogens is 507 g/mol. The molecule has 8 rings (SSSR count). The first kappa shape index (κ1) is 23.1. The summed E-state index contributed by atoms with van der Waals surface area (Å²) in [5.41, 5.74) is 5.21. The summed E-state index contributed by atoms with van der Waals surface area (Å²) < 4.78 is 20.5. The summed E-state index contributed by atoms with van der Waals surface area (Å²) in [5.74, 6) is 0. The topological polar surface area (TPSA) is 26.9 Å². The van der Waals surface area contributed by atoms with Crippen LogP contribution in [-0.2, 0) is 4.57 Å². The zero-order valence-electron chi connectivity index (χ0n) is 21.7. The van der Waals surface area contributed by atoms with Gasteiger partial charge in [-0.2, -0.15) is 0 Å². The summed E-state index contributed by atoms with van der Waals surface area (Å²) in [4.78, 5) is 0. The molecule has 0 unspecified atom stereocenters. The van der Waals surface area contributed by atoms with Crippen LogP contribution in [0.2, 0.25) is 0 Å². The van der Waals surface area contributed by atoms with Crippen LogP contribution in [0.5, 0.6) is 0 Å². The van der Waals surface area contributed by atoms with Crippen LogP contribution in [0.1, 0.15) is 0 Å². The Morgan fingerprint density at radius 1 is 0.400 bits per heavy atom. The minimum atomic E-state index is -3.38. The molecule has 0 fully saturated rings. The fraction of sp³-hybridized carbons (Fsp3) is 0. The van der Waals surface area contributed by atoms with E-state index in [0.717, 1.165) is 54.5 Å². The maximum absolute atomic E-state index is 16.0. The molecular formula is C36H25N2OP. The van der Waals surface area contributed by atoms with E-state index in [1.54, 1.807) is 0 Å². The molecule has 0 saturated carbocycles. The van der Waals surface area contributed by atoms with Crippen molar-refractivity contribution in [2.24, 2.45) is 0 Å². The lowest BCUT2D eigenvalue weighted by molar-refractivity contribution is 0.583. The highest BCUT2D eigenvalue weighted by atomic mass is 31.2. The van der Waals surface area contributed by atoms with Gasteiger partial charge in [0.15, 0.2) is 0 Å². The van der Waals surface area contributed by atoms with Crippen molar-refractivity contribution in [3.8, 4) is 5.69 Å². The van der Waals surface area contributed by atoms with Crippen LogP contribution in [0.4, 0.5) is 0 Å². The molecule has 2 heterocycles. The summed E-state index contributed by atoms with van der Waals surface area (Å²) >= 11 is 0. The highest BCUT2D eigenvalue weighted by Crippen LogP contribution is 2.53. The molecule has 0 radical (unpaired) electrons. The fourth-order valence-electron chi connectivity index (χ4n) is 6.26. The average molecular weight is 533 g/mol. The van der Waals surface area contributed by atoms with Gasteiger partial charge in [-0.15, -0.1) is 0 Å². The summed E-state index contributed by atoms with van der Waals surface area (Å²) in [6.45, 7) is 0. The van der Waals surface area contributed by atoms with Crippen LogP contribution in [0.15, 0.2) is 152 Å². The van der Waals surface area contributed by atoms with E-state index in [2.05, 4.69) is 87.8 Å². The summed E-state index contributed by atoms with van der Waals surface area (Å²) in [5, 5.41) is 6.12. The standard InChI is InChI=1S/C36H25N2OP/c39-40(27-16-6-2-7-17-27,28-18-8-3-9-19-28)38-34-23-13-11-21-30(34)32-25-24-31-29-20-10-12-22-33(29)37(35(31)36(32)38)26-14-4-1-5-15-26/h1-25H. The average Bonchev–Trinajstić information content (AvgIpc) is 3.55. The first-order chi connectivity index (χ1) is 19.8. The Labute approximate surface area is 232 Å². The molecule has 0 aliphatic heterocycles. The number of hydrogen-bond donors (Lipinski definition) is 0. The SMILES string of the molecule is O=P(c1ccccc1)(c1ccccc1)n1c2ccccc2c2ccc3c4ccccc4n(-c4ccccc4)c3c21. The number of fused-ring (bicyclic) bond motifs is 7. The monoisotopic (exact) mass is 532 g/mol. The minimum Gasteiger partial charge on any atom is -0.307 e. The third kappa shape index (κ3) is 3.16. The lowest BCUT2D eigenvalue weighted by Crippen LogP contribution is -2.21. The van der Waals surface area contributed by atoms with Crippen LogP contribution in [0, 0.1) is 0 Å². The third-order valence-corrected chi connectivity index (χ3v) is 10.9. The Morgan fingerprint density at radius 3 is 1.45 bits per heavy atom. The number of benzene rings is 6. The molecule has 0 spiro atoms. The van der Waals surface area contributed by atoms with Crippen LogP contribution in [-0.4, -0.2) is 8.90 Å². The molecule has 0 atom stereocenters. The van der Waals surface area contributed by atoms with Crippen molar-refractivity contribution in [2.45, 2.75) is 0 Å². The van der Waals surface area contributed by atoms with Crippen molar-refractivity contribution >= 4 is 61.5 Å². The van der Waals surface area contributed by atoms with Crippen molar-refractivity contribution in [3.63, 3.8) is 0 Å². The van der Waals surface area contributed by atoms with E-state index in [-0.39, 0.29) is 0 Å². The van der Waals surface area contributed by atoms with E-state index in [1.165, 1.54) is 5.39 Å². The summed E-state index contributed by atoms with van der Waals surface area (Å²) in [7, 11) is -3.38. The maximum atomic E-state index is 16.0. The Bertz CT molecular complexity index is 2190. The molecule has 40 heavy (non-hydrogen) atoms. The molecule has 2 aromatic heterocycles. The molecule has 0 N–H and O–H groups in total. The van der Waals surface area contributed by atoms with E-state index < -0.39 is 7.29 Å². The van der Waals surface area contributed by atoms with Crippen molar-refractivity contribution in [3.05, 3.63) is 152 Å². The second-order valence-electron chi connectivity index (χ2n) is 10.1. The van der Waals surface area contributed by atoms with Crippen LogP contribution < -0.4 is 10.6 Å². The van der Waals surface area contributed by atoms with Gasteiger partial charge in [0.2, 0.25) is 7.29 Å². The molecule has 0 saturated heterocycles. The van der Waals surface area contributed by atoms with Gasteiger partial charge in [-0.05, 0) is 48.5 Å². The molecule has 0 bridgehead atoms. The van der Waals surface area contributed by atoms with Crippen molar-refractivity contribution in [2.75, 3.05) is 0 Å². The first-order valence-corrected chi connectivity index (χ1v) is 15.2. The Kier molecular flexibility index (Phi) is 5.10. The van der Waals surface area contributed by atoms with E-state index in [0.29, 0.717) is 0 Å². The van der Waals surface area contributed by atoms with Gasteiger partial charge in [0.1, 0.15) is 0 Å². The quantitative estimate of drug-likeness (QED) is 0.208. The van der Waals surface area contributed by atoms with Crippen LogP contribution in [0.25, 0.3) is 49.3 Å². The Balaban J connectivity index is 1.67. The minimum absolute atomic E-state index is 0.809. The number of para-hydroxylation sites is 3. The molecule has 0 aliphatic rings. The van der Waals surface area contributed by atoms with E-state index in [1.807, 2.05) is 72.8 Å². The number of rotatable bonds is 4. The van der Waals surface area contributed by atoms with E-state index >= 15 is 4.57 Å². The highest BCUT2D eigenvalue weighted by molar-refractivity contribution is 7.77. The van der Waals surface area contributed by atoms with Gasteiger partial charge >= 0.3 is 0 Å². The summed E-state index contributed by atoms with van der Waals surface area (Å²) in [6.07, 6.45) is 0. The Hall–Kier alpha value is -4.85. The van der Waals surface area contributed by atoms with Gasteiger partial charge < -0.3 is 4.57 Å². The van der Waals surface area contributed by atoms with Gasteiger partial charge in [0, 0.05) is 37.8 Å². The van der Waals surface area contributed by atoms with Gasteiger partial charge in [-0.1, -0.05) is 103 Å². The lowest BCUT2D eigenvalue weighted by Gasteiger charge is -2.24. The number of aromatic nitrogens is 2. The molecule has 3 nitrogen and oxygen atoms in total. The number of hydrogen-bond acceptors (Lipinski definition) is 1. The predicted molar refractivity (Wildman–Crippen MR) is 169 cm³/mol. The van der Waals surface area contributed by atoms with Crippen molar-refractivity contribution in [1.29, 1.82) is 0 Å². The molecule has 0 aliphatic carbocycles. The molecule has 8 aromatic rings. The van der Waals surface area contributed by atoms with Crippen molar-refractivity contribution < 1.29 is 4.57 Å². The van der Waals surface area contributed by atoms with E-state index in [4.69, 9.17) is 0 Å². The van der Waals surface area contributed by atoms with Gasteiger partial charge in [-0.25, -0.2) is 0 Å². The van der Waals surface area contributed by atoms with Gasteiger partial charge in [-0.3, -0.25) is 8.90 Å². The Morgan fingerprint density at radius 2 is 0.850 bits per heavy atom. The molecule has 0 amide bonds. The third-order valence-electron chi connectivity index (χ3n) is 7.95. The van der Waals surface area contributed by atoms with E-state index in [9.17, 15) is 0 Å². The maximum Gasteiger partial charge on any atom is 0.234 e. The molecule has 6 aromatic carbocycles. The fourth-order valence-corrected chi connectivity index (χ4v) is 9.13. The predicted octanol–water partition coefficient (Wildman–Crippen LogP) is 8.67. The van der Waals surface area contributed by atoms with Gasteiger partial charge in [0.05, 0.1) is 22.1 Å². The van der Waals surface area contributed by atoms with Crippen molar-refractivity contribution in [1.82, 2.24) is 8.90 Å². The summed E-state index contributed by atoms with van der Waals surface area (Å²) in [6, 6.07) is 51.7.